The topological polar surface area (TPSA) is 111 Å². The van der Waals surface area contributed by atoms with Crippen LogP contribution in [0, 0.1) is 6.92 Å². The summed E-state index contributed by atoms with van der Waals surface area (Å²) in [5.41, 5.74) is 1.10. The summed E-state index contributed by atoms with van der Waals surface area (Å²) in [5.74, 6) is 2.97. The molecule has 0 aromatic carbocycles. The van der Waals surface area contributed by atoms with E-state index in [2.05, 4.69) is 46.1 Å². The van der Waals surface area contributed by atoms with Gasteiger partial charge in [-0.3, -0.25) is 4.68 Å². The van der Waals surface area contributed by atoms with Crippen molar-refractivity contribution in [3.8, 4) is 0 Å². The van der Waals surface area contributed by atoms with E-state index >= 15 is 0 Å². The van der Waals surface area contributed by atoms with Crippen LogP contribution in [0.4, 0.5) is 5.82 Å². The molecule has 144 valence electrons. The van der Waals surface area contributed by atoms with E-state index in [4.69, 9.17) is 9.97 Å². The van der Waals surface area contributed by atoms with Gasteiger partial charge in [-0.15, -0.1) is 5.10 Å². The van der Waals surface area contributed by atoms with Gasteiger partial charge in [0.2, 0.25) is 0 Å². The van der Waals surface area contributed by atoms with E-state index in [1.165, 1.54) is 0 Å². The number of hydrogen-bond acceptors (Lipinski definition) is 8. The first-order chi connectivity index (χ1) is 12.7. The predicted octanol–water partition coefficient (Wildman–Crippen LogP) is 0.575. The van der Waals surface area contributed by atoms with Crippen molar-refractivity contribution in [2.45, 2.75) is 52.2 Å². The number of β-amino-alcohol motifs (C(OH)–C–C–N with tert-alkyl or cyclic N) is 1. The van der Waals surface area contributed by atoms with E-state index in [0.717, 1.165) is 30.4 Å². The average molecular weight is 371 g/mol. The molecule has 0 aliphatic carbocycles. The Morgan fingerprint density at radius 1 is 1.19 bits per heavy atom. The molecule has 0 unspecified atom stereocenters. The second-order valence-electron chi connectivity index (χ2n) is 8.13. The lowest BCUT2D eigenvalue weighted by Crippen LogP contribution is -2.25. The van der Waals surface area contributed by atoms with Gasteiger partial charge < -0.3 is 10.0 Å². The average Bonchev–Trinajstić information content (AvgIpc) is 3.26. The molecule has 0 amide bonds. The van der Waals surface area contributed by atoms with Crippen molar-refractivity contribution in [1.82, 2.24) is 39.7 Å². The first kappa shape index (κ1) is 17.8. The van der Waals surface area contributed by atoms with Gasteiger partial charge in [-0.1, -0.05) is 26.0 Å². The molecule has 0 radical (unpaired) electrons. The molecule has 4 rings (SSSR count). The van der Waals surface area contributed by atoms with Gasteiger partial charge >= 0.3 is 0 Å². The van der Waals surface area contributed by atoms with Crippen LogP contribution in [-0.4, -0.2) is 64.0 Å². The van der Waals surface area contributed by atoms with E-state index in [-0.39, 0.29) is 11.5 Å². The summed E-state index contributed by atoms with van der Waals surface area (Å²) in [4.78, 5) is 16.1. The van der Waals surface area contributed by atoms with E-state index in [0.29, 0.717) is 30.1 Å². The van der Waals surface area contributed by atoms with Crippen LogP contribution in [0.15, 0.2) is 0 Å². The van der Waals surface area contributed by atoms with Gasteiger partial charge in [0.25, 0.3) is 0 Å². The SMILES string of the molecule is Cc1nc(Cn2nnc3c(N4CC[C@H](O)C4)nc(C(C)(C)C)nc32)n(C)n1. The second kappa shape index (κ2) is 6.22. The Morgan fingerprint density at radius 2 is 1.96 bits per heavy atom. The van der Waals surface area contributed by atoms with Crippen molar-refractivity contribution in [3.63, 3.8) is 0 Å². The lowest BCUT2D eigenvalue weighted by Gasteiger charge is -2.21. The molecule has 1 N–H and O–H groups in total. The van der Waals surface area contributed by atoms with Crippen LogP contribution in [0.2, 0.25) is 0 Å². The Hall–Kier alpha value is -2.62. The Labute approximate surface area is 157 Å². The van der Waals surface area contributed by atoms with Crippen LogP contribution >= 0.6 is 0 Å². The molecule has 0 bridgehead atoms. The number of fused-ring (bicyclic) bond motifs is 1. The molecule has 1 aliphatic heterocycles. The molecule has 27 heavy (non-hydrogen) atoms. The zero-order valence-corrected chi connectivity index (χ0v) is 16.4. The highest BCUT2D eigenvalue weighted by Crippen LogP contribution is 2.29. The summed E-state index contributed by atoms with van der Waals surface area (Å²) < 4.78 is 3.48. The maximum atomic E-state index is 9.95. The summed E-state index contributed by atoms with van der Waals surface area (Å²) >= 11 is 0. The monoisotopic (exact) mass is 371 g/mol. The van der Waals surface area contributed by atoms with Gasteiger partial charge in [0.1, 0.15) is 24.0 Å². The summed E-state index contributed by atoms with van der Waals surface area (Å²) in [5, 5.41) is 22.9. The zero-order valence-electron chi connectivity index (χ0n) is 16.4. The third-order valence-corrected chi connectivity index (χ3v) is 4.73. The fourth-order valence-corrected chi connectivity index (χ4v) is 3.27. The lowest BCUT2D eigenvalue weighted by atomic mass is 9.96. The maximum Gasteiger partial charge on any atom is 0.184 e. The number of aryl methyl sites for hydroxylation is 2. The quantitative estimate of drug-likeness (QED) is 0.712. The Kier molecular flexibility index (Phi) is 4.10. The molecular weight excluding hydrogens is 346 g/mol. The van der Waals surface area contributed by atoms with Crippen molar-refractivity contribution < 1.29 is 5.11 Å². The van der Waals surface area contributed by atoms with Crippen molar-refractivity contribution >= 4 is 17.0 Å². The molecule has 3 aromatic heterocycles. The normalized spacial score (nSPS) is 18.0. The third-order valence-electron chi connectivity index (χ3n) is 4.73. The van der Waals surface area contributed by atoms with Crippen molar-refractivity contribution in [2.75, 3.05) is 18.0 Å². The predicted molar refractivity (Wildman–Crippen MR) is 99.5 cm³/mol. The molecule has 3 aromatic rings. The first-order valence-corrected chi connectivity index (χ1v) is 9.13. The van der Waals surface area contributed by atoms with Crippen LogP contribution in [0.3, 0.4) is 0 Å². The highest BCUT2D eigenvalue weighted by molar-refractivity contribution is 5.83. The lowest BCUT2D eigenvalue weighted by molar-refractivity contribution is 0.198. The number of aliphatic hydroxyl groups is 1. The molecule has 0 saturated carbocycles. The van der Waals surface area contributed by atoms with Gasteiger partial charge in [-0.05, 0) is 13.3 Å². The van der Waals surface area contributed by atoms with E-state index in [1.807, 2.05) is 14.0 Å². The summed E-state index contributed by atoms with van der Waals surface area (Å²) in [6.45, 7) is 9.82. The molecule has 4 heterocycles. The number of rotatable bonds is 3. The summed E-state index contributed by atoms with van der Waals surface area (Å²) in [6, 6.07) is 0. The first-order valence-electron chi connectivity index (χ1n) is 9.13. The Bertz CT molecular complexity index is 984. The van der Waals surface area contributed by atoms with E-state index in [9.17, 15) is 5.11 Å². The largest absolute Gasteiger partial charge is 0.391 e. The standard InChI is InChI=1S/C17H25N9O/c1-10-18-12(24(5)22-10)9-26-15-13(21-23-26)14(25-7-6-11(27)8-25)19-16(20-15)17(2,3)4/h11,27H,6-9H2,1-5H3/t11-/m0/s1. The smallest absolute Gasteiger partial charge is 0.184 e. The minimum atomic E-state index is -0.343. The van der Waals surface area contributed by atoms with Crippen LogP contribution in [0.1, 0.15) is 44.7 Å². The van der Waals surface area contributed by atoms with Gasteiger partial charge in [-0.25, -0.2) is 19.6 Å². The highest BCUT2D eigenvalue weighted by Gasteiger charge is 2.29. The number of nitrogens with zero attached hydrogens (tertiary/aromatic N) is 9. The van der Waals surface area contributed by atoms with E-state index in [1.54, 1.807) is 9.36 Å². The molecule has 10 nitrogen and oxygen atoms in total. The second-order valence-corrected chi connectivity index (χ2v) is 8.13. The third kappa shape index (κ3) is 3.25. The van der Waals surface area contributed by atoms with Gasteiger partial charge in [0.05, 0.1) is 6.10 Å². The summed E-state index contributed by atoms with van der Waals surface area (Å²) in [6.07, 6.45) is 0.382. The number of anilines is 1. The maximum absolute atomic E-state index is 9.95. The van der Waals surface area contributed by atoms with Crippen LogP contribution in [0.25, 0.3) is 11.2 Å². The molecule has 1 fully saturated rings. The van der Waals surface area contributed by atoms with Crippen LogP contribution in [0.5, 0.6) is 0 Å². The number of hydrogen-bond donors (Lipinski definition) is 1. The van der Waals surface area contributed by atoms with Gasteiger partial charge in [0, 0.05) is 25.6 Å². The van der Waals surface area contributed by atoms with Crippen molar-refractivity contribution in [3.05, 3.63) is 17.5 Å². The summed E-state index contributed by atoms with van der Waals surface area (Å²) in [7, 11) is 1.86. The molecular formula is C17H25N9O. The van der Waals surface area contributed by atoms with Gasteiger partial charge in [-0.2, -0.15) is 5.10 Å². The van der Waals surface area contributed by atoms with Crippen LogP contribution < -0.4 is 4.90 Å². The minimum Gasteiger partial charge on any atom is -0.391 e. The van der Waals surface area contributed by atoms with Crippen molar-refractivity contribution in [2.24, 2.45) is 7.05 Å². The molecule has 10 heteroatoms. The number of aliphatic hydroxyl groups excluding tert-OH is 1. The molecule has 1 atom stereocenters. The Balaban J connectivity index is 1.83. The fourth-order valence-electron chi connectivity index (χ4n) is 3.27. The number of aromatic nitrogens is 8. The molecule has 0 spiro atoms. The fraction of sp³-hybridized carbons (Fsp3) is 0.647. The molecule has 1 aliphatic rings. The highest BCUT2D eigenvalue weighted by atomic mass is 16.3. The van der Waals surface area contributed by atoms with Crippen molar-refractivity contribution in [1.29, 1.82) is 0 Å². The van der Waals surface area contributed by atoms with Crippen LogP contribution in [-0.2, 0) is 19.0 Å². The zero-order chi connectivity index (χ0) is 19.3. The minimum absolute atomic E-state index is 0.224. The Morgan fingerprint density at radius 3 is 2.56 bits per heavy atom. The van der Waals surface area contributed by atoms with Gasteiger partial charge in [0.15, 0.2) is 17.0 Å². The molecule has 1 saturated heterocycles. The van der Waals surface area contributed by atoms with E-state index < -0.39 is 0 Å².